The summed E-state index contributed by atoms with van der Waals surface area (Å²) in [5, 5.41) is 5.60. The Balaban J connectivity index is 2.50. The summed E-state index contributed by atoms with van der Waals surface area (Å²) in [6.45, 7) is 6.97. The van der Waals surface area contributed by atoms with Crippen LogP contribution in [0.3, 0.4) is 0 Å². The van der Waals surface area contributed by atoms with Crippen LogP contribution in [0.15, 0.2) is 18.2 Å². The lowest BCUT2D eigenvalue weighted by Gasteiger charge is -2.12. The maximum atomic E-state index is 11.4. The van der Waals surface area contributed by atoms with Gasteiger partial charge in [-0.15, -0.1) is 0 Å². The summed E-state index contributed by atoms with van der Waals surface area (Å²) in [5.41, 5.74) is 1.09. The molecule has 0 atom stereocenters. The predicted octanol–water partition coefficient (Wildman–Crippen LogP) is 2.34. The molecular formula is C15H24N2O3. The lowest BCUT2D eigenvalue weighted by Crippen LogP contribution is -2.40. The van der Waals surface area contributed by atoms with Gasteiger partial charge < -0.3 is 20.1 Å². The average molecular weight is 280 g/mol. The molecule has 5 heteroatoms. The molecule has 2 N–H and O–H groups in total. The van der Waals surface area contributed by atoms with E-state index >= 15 is 0 Å². The average Bonchev–Trinajstić information content (AvgIpc) is 2.39. The predicted molar refractivity (Wildman–Crippen MR) is 79.5 cm³/mol. The third-order valence-electron chi connectivity index (χ3n) is 2.65. The number of carbonyl (C=O) groups is 1. The standard InChI is InChI=1S/C15H24N2O3/c1-5-20-13-7-6-12(10-14(13)19-4)8-9-16-15(18)17-11(2)3/h6-7,10-11H,5,8-9H2,1-4H3,(H2,16,17,18). The van der Waals surface area contributed by atoms with Crippen molar-refractivity contribution in [2.24, 2.45) is 0 Å². The molecule has 2 amide bonds. The molecule has 20 heavy (non-hydrogen) atoms. The molecule has 112 valence electrons. The second kappa shape index (κ2) is 8.30. The van der Waals surface area contributed by atoms with Gasteiger partial charge in [-0.1, -0.05) is 6.07 Å². The van der Waals surface area contributed by atoms with Crippen LogP contribution in [0.25, 0.3) is 0 Å². The molecule has 0 aromatic heterocycles. The second-order valence-corrected chi connectivity index (χ2v) is 4.72. The number of benzene rings is 1. The fourth-order valence-corrected chi connectivity index (χ4v) is 1.78. The van der Waals surface area contributed by atoms with E-state index in [2.05, 4.69) is 10.6 Å². The third kappa shape index (κ3) is 5.38. The molecule has 1 rings (SSSR count). The molecule has 5 nitrogen and oxygen atoms in total. The van der Waals surface area contributed by atoms with Crippen molar-refractivity contribution in [3.63, 3.8) is 0 Å². The van der Waals surface area contributed by atoms with Gasteiger partial charge in [0.15, 0.2) is 11.5 Å². The fourth-order valence-electron chi connectivity index (χ4n) is 1.78. The number of urea groups is 1. The molecule has 0 aliphatic rings. The highest BCUT2D eigenvalue weighted by molar-refractivity contribution is 5.74. The van der Waals surface area contributed by atoms with E-state index < -0.39 is 0 Å². The van der Waals surface area contributed by atoms with Crippen LogP contribution in [0.2, 0.25) is 0 Å². The number of amides is 2. The maximum Gasteiger partial charge on any atom is 0.314 e. The van der Waals surface area contributed by atoms with Gasteiger partial charge in [-0.3, -0.25) is 0 Å². The second-order valence-electron chi connectivity index (χ2n) is 4.72. The number of rotatable bonds is 7. The van der Waals surface area contributed by atoms with E-state index in [1.807, 2.05) is 39.0 Å². The number of nitrogens with one attached hydrogen (secondary N) is 2. The first-order valence-electron chi connectivity index (χ1n) is 6.90. The first kappa shape index (κ1) is 16.1. The summed E-state index contributed by atoms with van der Waals surface area (Å²) in [6.07, 6.45) is 0.744. The molecule has 0 heterocycles. The SMILES string of the molecule is CCOc1ccc(CCNC(=O)NC(C)C)cc1OC. The highest BCUT2D eigenvalue weighted by Gasteiger charge is 2.06. The summed E-state index contributed by atoms with van der Waals surface area (Å²) in [4.78, 5) is 11.4. The van der Waals surface area contributed by atoms with Crippen molar-refractivity contribution >= 4 is 6.03 Å². The van der Waals surface area contributed by atoms with Gasteiger partial charge in [0.05, 0.1) is 13.7 Å². The fraction of sp³-hybridized carbons (Fsp3) is 0.533. The van der Waals surface area contributed by atoms with E-state index in [1.54, 1.807) is 7.11 Å². The molecule has 0 radical (unpaired) electrons. The third-order valence-corrected chi connectivity index (χ3v) is 2.65. The molecule has 0 unspecified atom stereocenters. The van der Waals surface area contributed by atoms with Gasteiger partial charge in [0, 0.05) is 12.6 Å². The Hall–Kier alpha value is -1.91. The van der Waals surface area contributed by atoms with Gasteiger partial charge in [0.25, 0.3) is 0 Å². The van der Waals surface area contributed by atoms with E-state index in [-0.39, 0.29) is 12.1 Å². The van der Waals surface area contributed by atoms with Crippen LogP contribution >= 0.6 is 0 Å². The zero-order valence-electron chi connectivity index (χ0n) is 12.7. The Kier molecular flexibility index (Phi) is 6.70. The lowest BCUT2D eigenvalue weighted by molar-refractivity contribution is 0.238. The molecule has 0 fully saturated rings. The van der Waals surface area contributed by atoms with Crippen LogP contribution < -0.4 is 20.1 Å². The van der Waals surface area contributed by atoms with Crippen molar-refractivity contribution in [3.8, 4) is 11.5 Å². The maximum absolute atomic E-state index is 11.4. The number of hydrogen-bond donors (Lipinski definition) is 2. The monoisotopic (exact) mass is 280 g/mol. The van der Waals surface area contributed by atoms with Gasteiger partial charge in [0.1, 0.15) is 0 Å². The molecule has 0 aliphatic carbocycles. The number of ether oxygens (including phenoxy) is 2. The summed E-state index contributed by atoms with van der Waals surface area (Å²) in [6, 6.07) is 5.81. The van der Waals surface area contributed by atoms with Crippen LogP contribution in [-0.2, 0) is 6.42 Å². The Morgan fingerprint density at radius 2 is 2.05 bits per heavy atom. The molecular weight excluding hydrogens is 256 g/mol. The summed E-state index contributed by atoms with van der Waals surface area (Å²) in [7, 11) is 1.62. The van der Waals surface area contributed by atoms with E-state index in [0.717, 1.165) is 23.5 Å². The van der Waals surface area contributed by atoms with Gasteiger partial charge in [-0.05, 0) is 44.9 Å². The number of carbonyl (C=O) groups excluding carboxylic acids is 1. The quantitative estimate of drug-likeness (QED) is 0.806. The summed E-state index contributed by atoms with van der Waals surface area (Å²) in [5.74, 6) is 1.46. The number of hydrogen-bond acceptors (Lipinski definition) is 3. The topological polar surface area (TPSA) is 59.6 Å². The Morgan fingerprint density at radius 1 is 1.30 bits per heavy atom. The zero-order chi connectivity index (χ0) is 15.0. The minimum Gasteiger partial charge on any atom is -0.493 e. The highest BCUT2D eigenvalue weighted by Crippen LogP contribution is 2.28. The van der Waals surface area contributed by atoms with Crippen molar-refractivity contribution in [1.29, 1.82) is 0 Å². The minimum absolute atomic E-state index is 0.139. The first-order valence-corrected chi connectivity index (χ1v) is 6.90. The van der Waals surface area contributed by atoms with Crippen molar-refractivity contribution in [2.45, 2.75) is 33.2 Å². The Labute approximate surface area is 120 Å². The summed E-state index contributed by atoms with van der Waals surface area (Å²) >= 11 is 0. The van der Waals surface area contributed by atoms with E-state index in [0.29, 0.717) is 13.2 Å². The van der Waals surface area contributed by atoms with Crippen LogP contribution in [0, 0.1) is 0 Å². The van der Waals surface area contributed by atoms with Crippen molar-refractivity contribution in [1.82, 2.24) is 10.6 Å². The van der Waals surface area contributed by atoms with Crippen LogP contribution in [0.1, 0.15) is 26.3 Å². The molecule has 0 saturated carbocycles. The summed E-state index contributed by atoms with van der Waals surface area (Å²) < 4.78 is 10.8. The van der Waals surface area contributed by atoms with Gasteiger partial charge in [-0.25, -0.2) is 4.79 Å². The highest BCUT2D eigenvalue weighted by atomic mass is 16.5. The largest absolute Gasteiger partial charge is 0.493 e. The molecule has 0 spiro atoms. The lowest BCUT2D eigenvalue weighted by atomic mass is 10.1. The minimum atomic E-state index is -0.141. The molecule has 0 bridgehead atoms. The molecule has 0 saturated heterocycles. The zero-order valence-corrected chi connectivity index (χ0v) is 12.7. The van der Waals surface area contributed by atoms with Gasteiger partial charge >= 0.3 is 6.03 Å². The molecule has 0 aliphatic heterocycles. The van der Waals surface area contributed by atoms with Crippen LogP contribution in [0.5, 0.6) is 11.5 Å². The Morgan fingerprint density at radius 3 is 2.65 bits per heavy atom. The van der Waals surface area contributed by atoms with E-state index in [4.69, 9.17) is 9.47 Å². The Bertz CT molecular complexity index is 433. The first-order chi connectivity index (χ1) is 9.56. The van der Waals surface area contributed by atoms with Gasteiger partial charge in [0.2, 0.25) is 0 Å². The number of methoxy groups -OCH3 is 1. The van der Waals surface area contributed by atoms with Crippen molar-refractivity contribution < 1.29 is 14.3 Å². The molecule has 1 aromatic rings. The van der Waals surface area contributed by atoms with Crippen LogP contribution in [-0.4, -0.2) is 32.3 Å². The van der Waals surface area contributed by atoms with E-state index in [9.17, 15) is 4.79 Å². The van der Waals surface area contributed by atoms with Crippen LogP contribution in [0.4, 0.5) is 4.79 Å². The smallest absolute Gasteiger partial charge is 0.314 e. The van der Waals surface area contributed by atoms with Crippen molar-refractivity contribution in [3.05, 3.63) is 23.8 Å². The van der Waals surface area contributed by atoms with Gasteiger partial charge in [-0.2, -0.15) is 0 Å². The van der Waals surface area contributed by atoms with Crippen molar-refractivity contribution in [2.75, 3.05) is 20.3 Å². The van der Waals surface area contributed by atoms with E-state index in [1.165, 1.54) is 0 Å². The molecule has 1 aromatic carbocycles. The normalized spacial score (nSPS) is 10.2.